The number of fused-ring (bicyclic) bond motifs is 18. The first-order valence-corrected chi connectivity index (χ1v) is 32.2. The average Bonchev–Trinajstić information content (AvgIpc) is 0.928. The fourth-order valence-electron chi connectivity index (χ4n) is 16.4. The molecule has 22 nitrogen and oxygen atoms in total. The van der Waals surface area contributed by atoms with Gasteiger partial charge in [0.1, 0.15) is 30.6 Å². The lowest BCUT2D eigenvalue weighted by Gasteiger charge is -2.60. The highest BCUT2D eigenvalue weighted by molar-refractivity contribution is 5.92. The molecule has 0 aromatic heterocycles. The van der Waals surface area contributed by atoms with Gasteiger partial charge in [0.05, 0.1) is 56.0 Å². The van der Waals surface area contributed by atoms with E-state index in [-0.39, 0.29) is 62.3 Å². The molecule has 1 amide bonds. The van der Waals surface area contributed by atoms with E-state index in [9.17, 15) is 52.8 Å². The molecule has 0 aliphatic carbocycles. The molecular formula is C73H76F3N5O17. The fraction of sp³-hybridized carbons (Fsp3) is 0.397. The monoisotopic (exact) mass is 1350 g/mol. The summed E-state index contributed by atoms with van der Waals surface area (Å²) in [6.07, 6.45) is 0.434. The van der Waals surface area contributed by atoms with Crippen LogP contribution in [0.15, 0.2) is 78.9 Å². The molecule has 0 radical (unpaired) electrons. The van der Waals surface area contributed by atoms with Crippen molar-refractivity contribution in [2.24, 2.45) is 0 Å². The van der Waals surface area contributed by atoms with Crippen molar-refractivity contribution in [3.8, 4) is 57.5 Å². The van der Waals surface area contributed by atoms with Crippen molar-refractivity contribution in [2.75, 3.05) is 55.1 Å². The van der Waals surface area contributed by atoms with E-state index < -0.39 is 84.3 Å². The van der Waals surface area contributed by atoms with Crippen molar-refractivity contribution in [2.45, 2.75) is 134 Å². The molecule has 6 aromatic rings. The molecule has 2 fully saturated rings. The van der Waals surface area contributed by atoms with Crippen LogP contribution < -0.4 is 43.2 Å². The minimum absolute atomic E-state index is 0.0107. The second kappa shape index (κ2) is 26.1. The number of benzene rings is 6. The topological polar surface area (TPSA) is 257 Å². The second-order valence-electron chi connectivity index (χ2n) is 25.9. The van der Waals surface area contributed by atoms with Gasteiger partial charge in [-0.05, 0) is 125 Å². The molecule has 0 saturated carbocycles. The SMILES string of the molecule is COc1c(C)cc2c(c1O)[C@@H]1[C@@H]3Cc4c(OC(C)=O)c(C)c5c(c4[C@H](CNC(=O)/C=C/c4cccc(C(F)(F)F)c4)N3[C@@H](O)[C@H](C2)N1C)OCO5.COc1c(C)cc2c(c1O)[C@@H]1[C@@H]3Cc4c(OC(C)=O)c(C)c5c(c4[C@H](COC(=O)/C=C/c4ccccc4)N3[C@@H](O)[C@H](C2)N1C)OCO5. The lowest BCUT2D eigenvalue weighted by atomic mass is 9.73. The van der Waals surface area contributed by atoms with Crippen molar-refractivity contribution in [1.29, 1.82) is 0 Å². The smallest absolute Gasteiger partial charge is 0.416 e. The predicted molar refractivity (Wildman–Crippen MR) is 348 cm³/mol. The molecule has 10 atom stereocenters. The van der Waals surface area contributed by atoms with Gasteiger partial charge in [-0.25, -0.2) is 4.79 Å². The summed E-state index contributed by atoms with van der Waals surface area (Å²) >= 11 is 0. The highest BCUT2D eigenvalue weighted by Gasteiger charge is 2.59. The predicted octanol–water partition coefficient (Wildman–Crippen LogP) is 8.84. The molecule has 2 saturated heterocycles. The summed E-state index contributed by atoms with van der Waals surface area (Å²) in [5, 5.41) is 50.5. The standard InChI is InChI=1S/C37H38F3N3O8.C36H38N2O9/c1-17-11-21-13-25-36(47)43-24(30(42(25)4)28(21)31(46)32(17)48-5)14-23-29(35-34(49-16-50-35)18(2)33(23)51-19(3)44)26(43)15-41-27(45)10-9-20-7-6-8-22(12-20)37(38,39)40;1-18-13-22-14-25-36(42)38-24(30(37(25)4)28(22)31(41)32(18)43-5)15-23-29(35-34(45-17-46-35)19(2)33(23)47-20(3)39)26(38)16-44-27(40)12-11-21-9-7-6-8-10-21/h6-12,24-26,30,36,46-47H,13-16H2,1-5H3,(H,41,45);6-13,24-26,30,36,41-42H,14-17H2,1-5H3/b10-9+;12-11+/t2*24-,25-,26-,30-,36-/m00/s1. The maximum Gasteiger partial charge on any atom is 0.416 e. The quantitative estimate of drug-likeness (QED) is 0.0435. The van der Waals surface area contributed by atoms with Crippen LogP contribution in [0.25, 0.3) is 12.2 Å². The average molecular weight is 1350 g/mol. The maximum absolute atomic E-state index is 13.3. The van der Waals surface area contributed by atoms with E-state index in [1.165, 1.54) is 52.4 Å². The Bertz CT molecular complexity index is 4300. The number of halogens is 3. The number of carbonyl (C=O) groups excluding carboxylic acids is 4. The van der Waals surface area contributed by atoms with Crippen molar-refractivity contribution < 1.29 is 95.4 Å². The number of nitrogens with one attached hydrogen (secondary N) is 1. The number of likely N-dealkylation sites (N-methyl/N-ethyl adjacent to an activating group) is 2. The Morgan fingerprint density at radius 1 is 0.592 bits per heavy atom. The summed E-state index contributed by atoms with van der Waals surface area (Å²) in [6.45, 7) is 9.65. The van der Waals surface area contributed by atoms with E-state index in [2.05, 4.69) is 10.2 Å². The molecule has 25 heteroatoms. The van der Waals surface area contributed by atoms with E-state index in [4.69, 9.17) is 42.6 Å². The highest BCUT2D eigenvalue weighted by Crippen LogP contribution is 2.61. The third-order valence-corrected chi connectivity index (χ3v) is 20.4. The van der Waals surface area contributed by atoms with Crippen LogP contribution in [0.2, 0.25) is 0 Å². The number of amides is 1. The molecule has 5 N–H and O–H groups in total. The number of rotatable bonds is 12. The number of nitrogens with zero attached hydrogens (tertiary/aromatic N) is 4. The molecular weight excluding hydrogens is 1280 g/mol. The largest absolute Gasteiger partial charge is 0.504 e. The van der Waals surface area contributed by atoms with Gasteiger partial charge < -0.3 is 68.4 Å². The molecule has 8 aliphatic heterocycles. The number of piperazine rings is 2. The van der Waals surface area contributed by atoms with Crippen LogP contribution >= 0.6 is 0 Å². The molecule has 6 aromatic carbocycles. The van der Waals surface area contributed by atoms with Gasteiger partial charge in [-0.1, -0.05) is 54.6 Å². The molecule has 14 rings (SSSR count). The maximum atomic E-state index is 13.3. The van der Waals surface area contributed by atoms with E-state index in [0.29, 0.717) is 104 Å². The summed E-state index contributed by atoms with van der Waals surface area (Å²) in [5.41, 5.74) is 8.73. The molecule has 98 heavy (non-hydrogen) atoms. The van der Waals surface area contributed by atoms with Gasteiger partial charge in [0.2, 0.25) is 19.5 Å². The number of carbonyl (C=O) groups is 4. The third-order valence-electron chi connectivity index (χ3n) is 20.4. The van der Waals surface area contributed by atoms with Crippen molar-refractivity contribution in [3.63, 3.8) is 0 Å². The number of aryl methyl sites for hydroxylation is 2. The number of aliphatic hydroxyl groups excluding tert-OH is 2. The Kier molecular flexibility index (Phi) is 17.9. The van der Waals surface area contributed by atoms with Crippen molar-refractivity contribution in [1.82, 2.24) is 24.9 Å². The van der Waals surface area contributed by atoms with Gasteiger partial charge in [-0.3, -0.25) is 34.0 Å². The summed E-state index contributed by atoms with van der Waals surface area (Å²) in [5.74, 6) is 1.04. The normalized spacial score (nSPS) is 24.0. The first-order valence-electron chi connectivity index (χ1n) is 32.2. The van der Waals surface area contributed by atoms with E-state index in [1.54, 1.807) is 13.0 Å². The van der Waals surface area contributed by atoms with Crippen LogP contribution in [0.1, 0.15) is 121 Å². The first kappa shape index (κ1) is 67.2. The minimum Gasteiger partial charge on any atom is -0.504 e. The van der Waals surface area contributed by atoms with E-state index in [0.717, 1.165) is 51.6 Å². The Balaban J connectivity index is 0.000000177. The summed E-state index contributed by atoms with van der Waals surface area (Å²) in [7, 11) is 6.87. The summed E-state index contributed by atoms with van der Waals surface area (Å²) in [6, 6.07) is 14.1. The number of phenols is 2. The minimum atomic E-state index is -4.53. The summed E-state index contributed by atoms with van der Waals surface area (Å²) in [4.78, 5) is 59.3. The Morgan fingerprint density at radius 3 is 1.55 bits per heavy atom. The lowest BCUT2D eigenvalue weighted by molar-refractivity contribution is -0.182. The lowest BCUT2D eigenvalue weighted by Crippen LogP contribution is -2.69. The number of phenolic OH excluding ortho intramolecular Hbond substituents is 2. The molecule has 8 heterocycles. The summed E-state index contributed by atoms with van der Waals surface area (Å²) < 4.78 is 92.3. The number of aromatic hydroxyl groups is 2. The van der Waals surface area contributed by atoms with E-state index >= 15 is 0 Å². The zero-order valence-corrected chi connectivity index (χ0v) is 55.6. The first-order chi connectivity index (χ1) is 46.8. The Labute approximate surface area is 563 Å². The van der Waals surface area contributed by atoms with Crippen LogP contribution in [-0.2, 0) is 55.8 Å². The van der Waals surface area contributed by atoms with Gasteiger partial charge in [0.25, 0.3) is 0 Å². The van der Waals surface area contributed by atoms with Crippen molar-refractivity contribution >= 4 is 36.0 Å². The number of esters is 3. The number of hydrogen-bond acceptors (Lipinski definition) is 21. The fourth-order valence-corrected chi connectivity index (χ4v) is 16.4. The molecule has 8 aliphatic rings. The molecule has 0 unspecified atom stereocenters. The molecule has 0 spiro atoms. The second-order valence-corrected chi connectivity index (χ2v) is 25.9. The van der Waals surface area contributed by atoms with Gasteiger partial charge >= 0.3 is 24.1 Å². The molecule has 4 bridgehead atoms. The number of aliphatic hydroxyl groups is 2. The van der Waals surface area contributed by atoms with Gasteiger partial charge in [-0.15, -0.1) is 0 Å². The van der Waals surface area contributed by atoms with Gasteiger partial charge in [0.15, 0.2) is 46.0 Å². The zero-order chi connectivity index (χ0) is 69.7. The molecule has 516 valence electrons. The number of methoxy groups -OCH3 is 2. The number of ether oxygens (including phenoxy) is 9. The Hall–Kier alpha value is -9.37. The van der Waals surface area contributed by atoms with E-state index in [1.807, 2.05) is 92.0 Å². The van der Waals surface area contributed by atoms with Crippen LogP contribution in [0.3, 0.4) is 0 Å². The number of alkyl halides is 3. The van der Waals surface area contributed by atoms with Crippen LogP contribution in [0, 0.1) is 27.7 Å². The number of hydrogen-bond donors (Lipinski definition) is 5. The Morgan fingerprint density at radius 2 is 1.06 bits per heavy atom. The zero-order valence-electron chi connectivity index (χ0n) is 55.6. The third kappa shape index (κ3) is 11.5. The van der Waals surface area contributed by atoms with Crippen molar-refractivity contribution in [3.05, 3.63) is 162 Å². The van der Waals surface area contributed by atoms with Crippen LogP contribution in [0.5, 0.6) is 57.5 Å². The van der Waals surface area contributed by atoms with Gasteiger partial charge in [0, 0.05) is 89.1 Å². The van der Waals surface area contributed by atoms with Gasteiger partial charge in [-0.2, -0.15) is 13.2 Å². The highest BCUT2D eigenvalue weighted by atomic mass is 19.4. The van der Waals surface area contributed by atoms with Crippen LogP contribution in [0.4, 0.5) is 13.2 Å². The van der Waals surface area contributed by atoms with Crippen LogP contribution in [-0.4, -0.2) is 156 Å².